The molecule has 0 fully saturated rings. The highest BCUT2D eigenvalue weighted by Crippen LogP contribution is 2.30. The Morgan fingerprint density at radius 1 is 1.27 bits per heavy atom. The van der Waals surface area contributed by atoms with Crippen LogP contribution < -0.4 is 10.6 Å². The quantitative estimate of drug-likeness (QED) is 0.789. The first kappa shape index (κ1) is 16.7. The van der Waals surface area contributed by atoms with Crippen LogP contribution in [0.15, 0.2) is 28.6 Å². The van der Waals surface area contributed by atoms with Crippen LogP contribution in [0.1, 0.15) is 20.8 Å². The van der Waals surface area contributed by atoms with Crippen LogP contribution in [0.25, 0.3) is 0 Å². The Morgan fingerprint density at radius 3 is 2.68 bits per heavy atom. The SMILES string of the molecule is CC(C)NC(=O)C(C)Sc1nnc(Nc2ccccc2F)s1. The molecular weight excluding hydrogens is 323 g/mol. The van der Waals surface area contributed by atoms with Gasteiger partial charge in [0.1, 0.15) is 5.82 Å². The molecule has 22 heavy (non-hydrogen) atoms. The van der Waals surface area contributed by atoms with Crippen LogP contribution >= 0.6 is 23.1 Å². The second-order valence-electron chi connectivity index (χ2n) is 4.90. The largest absolute Gasteiger partial charge is 0.353 e. The molecule has 0 aliphatic heterocycles. The lowest BCUT2D eigenvalue weighted by atomic mass is 10.3. The average molecular weight is 340 g/mol. The van der Waals surface area contributed by atoms with Crippen molar-refractivity contribution in [2.45, 2.75) is 36.4 Å². The molecule has 5 nitrogen and oxygen atoms in total. The maximum absolute atomic E-state index is 13.6. The summed E-state index contributed by atoms with van der Waals surface area (Å²) in [5.41, 5.74) is 0.348. The summed E-state index contributed by atoms with van der Waals surface area (Å²) in [7, 11) is 0. The van der Waals surface area contributed by atoms with Crippen LogP contribution in [-0.4, -0.2) is 27.4 Å². The number of hydrogen-bond acceptors (Lipinski definition) is 6. The van der Waals surface area contributed by atoms with E-state index in [4.69, 9.17) is 0 Å². The van der Waals surface area contributed by atoms with E-state index in [1.807, 2.05) is 20.8 Å². The Bertz CT molecular complexity index is 647. The summed E-state index contributed by atoms with van der Waals surface area (Å²) in [4.78, 5) is 11.9. The van der Waals surface area contributed by atoms with Gasteiger partial charge in [0.25, 0.3) is 0 Å². The summed E-state index contributed by atoms with van der Waals surface area (Å²) in [5.74, 6) is -0.393. The fourth-order valence-corrected chi connectivity index (χ4v) is 3.51. The highest BCUT2D eigenvalue weighted by molar-refractivity contribution is 8.02. The molecule has 2 N–H and O–H groups in total. The minimum absolute atomic E-state index is 0.0428. The van der Waals surface area contributed by atoms with E-state index in [1.165, 1.54) is 29.2 Å². The van der Waals surface area contributed by atoms with Crippen molar-refractivity contribution in [2.24, 2.45) is 0 Å². The van der Waals surface area contributed by atoms with Crippen LogP contribution in [0.5, 0.6) is 0 Å². The average Bonchev–Trinajstić information content (AvgIpc) is 2.88. The lowest BCUT2D eigenvalue weighted by Gasteiger charge is -2.12. The number of hydrogen-bond donors (Lipinski definition) is 2. The summed E-state index contributed by atoms with van der Waals surface area (Å²) in [5, 5.41) is 13.9. The number of para-hydroxylation sites is 1. The molecule has 0 radical (unpaired) electrons. The van der Waals surface area contributed by atoms with Crippen molar-refractivity contribution in [3.63, 3.8) is 0 Å². The highest BCUT2D eigenvalue weighted by Gasteiger charge is 2.17. The van der Waals surface area contributed by atoms with Gasteiger partial charge in [0.05, 0.1) is 10.9 Å². The van der Waals surface area contributed by atoms with Gasteiger partial charge in [-0.2, -0.15) is 0 Å². The molecule has 8 heteroatoms. The molecule has 0 saturated carbocycles. The molecule has 1 amide bonds. The smallest absolute Gasteiger partial charge is 0.233 e. The van der Waals surface area contributed by atoms with Crippen molar-refractivity contribution in [1.82, 2.24) is 15.5 Å². The number of nitrogens with zero attached hydrogens (tertiary/aromatic N) is 2. The summed E-state index contributed by atoms with van der Waals surface area (Å²) < 4.78 is 14.2. The van der Waals surface area contributed by atoms with Crippen molar-refractivity contribution in [1.29, 1.82) is 0 Å². The number of anilines is 2. The molecule has 1 aromatic carbocycles. The van der Waals surface area contributed by atoms with Crippen LogP contribution in [0.2, 0.25) is 0 Å². The van der Waals surface area contributed by atoms with E-state index in [9.17, 15) is 9.18 Å². The van der Waals surface area contributed by atoms with E-state index >= 15 is 0 Å². The van der Waals surface area contributed by atoms with Crippen molar-refractivity contribution in [3.8, 4) is 0 Å². The third-order valence-corrected chi connectivity index (χ3v) is 4.62. The van der Waals surface area contributed by atoms with E-state index in [1.54, 1.807) is 18.2 Å². The number of carbonyl (C=O) groups excluding carboxylic acids is 1. The molecule has 0 spiro atoms. The lowest BCUT2D eigenvalue weighted by molar-refractivity contribution is -0.120. The summed E-state index contributed by atoms with van der Waals surface area (Å²) >= 11 is 2.61. The molecule has 1 atom stereocenters. The van der Waals surface area contributed by atoms with Crippen molar-refractivity contribution in [3.05, 3.63) is 30.1 Å². The summed E-state index contributed by atoms with van der Waals surface area (Å²) in [6, 6.07) is 6.46. The predicted molar refractivity (Wildman–Crippen MR) is 88.2 cm³/mol. The Balaban J connectivity index is 1.97. The minimum Gasteiger partial charge on any atom is -0.353 e. The number of carbonyl (C=O) groups is 1. The van der Waals surface area contributed by atoms with Gasteiger partial charge in [0.15, 0.2) is 4.34 Å². The number of benzene rings is 1. The normalized spacial score (nSPS) is 12.2. The van der Waals surface area contributed by atoms with Gasteiger partial charge in [0.2, 0.25) is 11.0 Å². The third kappa shape index (κ3) is 4.67. The molecule has 0 aliphatic carbocycles. The minimum atomic E-state index is -0.350. The first-order valence-corrected chi connectivity index (χ1v) is 8.47. The molecular formula is C14H17FN4OS2. The number of halogens is 1. The topological polar surface area (TPSA) is 66.9 Å². The van der Waals surface area contributed by atoms with Crippen LogP contribution in [-0.2, 0) is 4.79 Å². The monoisotopic (exact) mass is 340 g/mol. The third-order valence-electron chi connectivity index (χ3n) is 2.60. The van der Waals surface area contributed by atoms with E-state index < -0.39 is 0 Å². The summed E-state index contributed by atoms with van der Waals surface area (Å²) in [6.07, 6.45) is 0. The maximum Gasteiger partial charge on any atom is 0.233 e. The fraction of sp³-hybridized carbons (Fsp3) is 0.357. The molecule has 0 aliphatic rings. The number of amides is 1. The van der Waals surface area contributed by atoms with E-state index in [0.717, 1.165) is 0 Å². The zero-order valence-electron chi connectivity index (χ0n) is 12.5. The van der Waals surface area contributed by atoms with Crippen LogP contribution in [0, 0.1) is 5.82 Å². The number of aromatic nitrogens is 2. The maximum atomic E-state index is 13.6. The second-order valence-corrected chi connectivity index (χ2v) is 7.47. The molecule has 0 saturated heterocycles. The van der Waals surface area contributed by atoms with Gasteiger partial charge >= 0.3 is 0 Å². The van der Waals surface area contributed by atoms with Gasteiger partial charge < -0.3 is 10.6 Å². The Hall–Kier alpha value is -1.67. The van der Waals surface area contributed by atoms with Crippen LogP contribution in [0.4, 0.5) is 15.2 Å². The van der Waals surface area contributed by atoms with Gasteiger partial charge in [-0.15, -0.1) is 10.2 Å². The first-order valence-electron chi connectivity index (χ1n) is 6.78. The van der Waals surface area contributed by atoms with Crippen LogP contribution in [0.3, 0.4) is 0 Å². The first-order chi connectivity index (χ1) is 10.5. The predicted octanol–water partition coefficient (Wildman–Crippen LogP) is 3.43. The van der Waals surface area contributed by atoms with Crippen molar-refractivity contribution >= 4 is 39.8 Å². The summed E-state index contributed by atoms with van der Waals surface area (Å²) in [6.45, 7) is 5.64. The molecule has 1 unspecified atom stereocenters. The molecule has 118 valence electrons. The Morgan fingerprint density at radius 2 is 2.00 bits per heavy atom. The van der Waals surface area contributed by atoms with Crippen molar-refractivity contribution < 1.29 is 9.18 Å². The lowest BCUT2D eigenvalue weighted by Crippen LogP contribution is -2.35. The van der Waals surface area contributed by atoms with Gasteiger partial charge in [-0.1, -0.05) is 35.2 Å². The van der Waals surface area contributed by atoms with Gasteiger partial charge in [-0.05, 0) is 32.9 Å². The van der Waals surface area contributed by atoms with E-state index in [0.29, 0.717) is 15.2 Å². The molecule has 0 bridgehead atoms. The van der Waals surface area contributed by atoms with Gasteiger partial charge in [0, 0.05) is 6.04 Å². The molecule has 1 heterocycles. The Kier molecular flexibility index (Phi) is 5.73. The number of thioether (sulfide) groups is 1. The second kappa shape index (κ2) is 7.55. The molecule has 1 aromatic heterocycles. The zero-order chi connectivity index (χ0) is 16.1. The zero-order valence-corrected chi connectivity index (χ0v) is 14.1. The van der Waals surface area contributed by atoms with E-state index in [-0.39, 0.29) is 23.0 Å². The van der Waals surface area contributed by atoms with E-state index in [2.05, 4.69) is 20.8 Å². The number of rotatable bonds is 6. The standard InChI is InChI=1S/C14H17FN4OS2/c1-8(2)16-12(20)9(3)21-14-19-18-13(22-14)17-11-7-5-4-6-10(11)15/h4-9H,1-3H3,(H,16,20)(H,17,18). The van der Waals surface area contributed by atoms with Crippen molar-refractivity contribution in [2.75, 3.05) is 5.32 Å². The number of nitrogens with one attached hydrogen (secondary N) is 2. The molecule has 2 rings (SSSR count). The van der Waals surface area contributed by atoms with Gasteiger partial charge in [-0.25, -0.2) is 4.39 Å². The highest BCUT2D eigenvalue weighted by atomic mass is 32.2. The fourth-order valence-electron chi connectivity index (χ4n) is 1.59. The molecule has 2 aromatic rings. The Labute approximate surface area is 136 Å². The van der Waals surface area contributed by atoms with Gasteiger partial charge in [-0.3, -0.25) is 4.79 Å².